The molecular formula is C42H25N2O3P. The van der Waals surface area contributed by atoms with E-state index in [1.165, 1.54) is 5.39 Å². The number of nitrogens with one attached hydrogen (secondary N) is 2. The first kappa shape index (κ1) is 26.1. The van der Waals surface area contributed by atoms with E-state index in [1.54, 1.807) is 0 Å². The highest BCUT2D eigenvalue weighted by Crippen LogP contribution is 2.44. The van der Waals surface area contributed by atoms with Crippen LogP contribution in [0.1, 0.15) is 0 Å². The Balaban J connectivity index is 1.18. The predicted octanol–water partition coefficient (Wildman–Crippen LogP) is 10.9. The van der Waals surface area contributed by atoms with Gasteiger partial charge in [-0.2, -0.15) is 0 Å². The minimum Gasteiger partial charge on any atom is -0.456 e. The van der Waals surface area contributed by atoms with Crippen molar-refractivity contribution in [3.05, 3.63) is 133 Å². The van der Waals surface area contributed by atoms with E-state index in [2.05, 4.69) is 82.8 Å². The van der Waals surface area contributed by atoms with Crippen molar-refractivity contribution >= 4 is 106 Å². The molecule has 226 valence electrons. The Hall–Kier alpha value is -6.03. The van der Waals surface area contributed by atoms with Gasteiger partial charge < -0.3 is 23.4 Å². The highest BCUT2D eigenvalue weighted by molar-refractivity contribution is 7.62. The maximum Gasteiger partial charge on any atom is 0.137 e. The molecule has 7 aromatic carbocycles. The van der Waals surface area contributed by atoms with Crippen LogP contribution in [-0.4, -0.2) is 9.97 Å². The van der Waals surface area contributed by atoms with Crippen molar-refractivity contribution in [2.24, 2.45) is 0 Å². The van der Waals surface area contributed by atoms with Crippen molar-refractivity contribution in [3.63, 3.8) is 0 Å². The third-order valence-electron chi connectivity index (χ3n) is 9.99. The molecule has 0 saturated heterocycles. The summed E-state index contributed by atoms with van der Waals surface area (Å²) in [6, 6.07) is 45.2. The number of aromatic nitrogens is 2. The number of fused-ring (bicyclic) bond motifs is 14. The lowest BCUT2D eigenvalue weighted by atomic mass is 9.98. The second-order valence-electron chi connectivity index (χ2n) is 12.5. The van der Waals surface area contributed by atoms with Crippen LogP contribution in [0, 0.1) is 0 Å². The summed E-state index contributed by atoms with van der Waals surface area (Å²) in [5.41, 5.74) is 9.24. The molecule has 0 spiro atoms. The molecule has 1 unspecified atom stereocenters. The number of furan rings is 2. The van der Waals surface area contributed by atoms with Crippen LogP contribution in [0.3, 0.4) is 0 Å². The Labute approximate surface area is 273 Å². The van der Waals surface area contributed by atoms with Gasteiger partial charge >= 0.3 is 0 Å². The van der Waals surface area contributed by atoms with E-state index in [4.69, 9.17) is 8.83 Å². The summed E-state index contributed by atoms with van der Waals surface area (Å²) in [4.78, 5) is 7.31. The van der Waals surface area contributed by atoms with Gasteiger partial charge in [0.25, 0.3) is 0 Å². The van der Waals surface area contributed by atoms with Gasteiger partial charge in [-0.05, 0) is 59.7 Å². The average Bonchev–Trinajstić information content (AvgIpc) is 3.90. The Bertz CT molecular complexity index is 3160. The lowest BCUT2D eigenvalue weighted by Gasteiger charge is -2.12. The first-order valence-electron chi connectivity index (χ1n) is 16.1. The SMILES string of the molecule is O=[PH](c1ccccc1-c1cccc2oc3ccc4c5ccccc5[nH]c4c3c12)c1cccc2oc3ccc4c5ccccc5[nH]c4c3c12. The molecule has 0 aliphatic heterocycles. The molecule has 4 heterocycles. The van der Waals surface area contributed by atoms with Crippen LogP contribution < -0.4 is 10.6 Å². The monoisotopic (exact) mass is 636 g/mol. The highest BCUT2D eigenvalue weighted by atomic mass is 31.1. The Morgan fingerprint density at radius 3 is 1.58 bits per heavy atom. The summed E-state index contributed by atoms with van der Waals surface area (Å²) in [7, 11) is -2.53. The summed E-state index contributed by atoms with van der Waals surface area (Å²) in [6.45, 7) is 0. The molecule has 0 aliphatic carbocycles. The van der Waals surface area contributed by atoms with Gasteiger partial charge in [0.2, 0.25) is 0 Å². The molecule has 0 radical (unpaired) electrons. The van der Waals surface area contributed by atoms with Crippen molar-refractivity contribution in [2.75, 3.05) is 0 Å². The normalized spacial score (nSPS) is 13.0. The average molecular weight is 637 g/mol. The van der Waals surface area contributed by atoms with Gasteiger partial charge in [0.1, 0.15) is 30.1 Å². The van der Waals surface area contributed by atoms with Crippen molar-refractivity contribution in [1.82, 2.24) is 9.97 Å². The molecule has 0 aliphatic rings. The van der Waals surface area contributed by atoms with Gasteiger partial charge in [-0.1, -0.05) is 84.9 Å². The van der Waals surface area contributed by atoms with Crippen LogP contribution in [0.5, 0.6) is 0 Å². The zero-order valence-electron chi connectivity index (χ0n) is 25.4. The number of hydrogen-bond donors (Lipinski definition) is 2. The fraction of sp³-hybridized carbons (Fsp3) is 0. The van der Waals surface area contributed by atoms with E-state index in [0.29, 0.717) is 0 Å². The number of aromatic amines is 2. The van der Waals surface area contributed by atoms with Crippen LogP contribution >= 0.6 is 7.80 Å². The lowest BCUT2D eigenvalue weighted by Crippen LogP contribution is -2.10. The Kier molecular flexibility index (Phi) is 5.17. The maximum atomic E-state index is 15.1. The smallest absolute Gasteiger partial charge is 0.137 e. The van der Waals surface area contributed by atoms with E-state index >= 15 is 4.57 Å². The number of rotatable bonds is 3. The zero-order valence-corrected chi connectivity index (χ0v) is 26.4. The second-order valence-corrected chi connectivity index (χ2v) is 14.2. The van der Waals surface area contributed by atoms with Gasteiger partial charge in [0.05, 0.1) is 21.8 Å². The first-order valence-corrected chi connectivity index (χ1v) is 17.5. The topological polar surface area (TPSA) is 74.9 Å². The molecule has 48 heavy (non-hydrogen) atoms. The summed E-state index contributed by atoms with van der Waals surface area (Å²) >= 11 is 0. The van der Waals surface area contributed by atoms with E-state index in [0.717, 1.165) is 104 Å². The largest absolute Gasteiger partial charge is 0.456 e. The fourth-order valence-corrected chi connectivity index (χ4v) is 9.65. The predicted molar refractivity (Wildman–Crippen MR) is 200 cm³/mol. The molecular weight excluding hydrogens is 611 g/mol. The lowest BCUT2D eigenvalue weighted by molar-refractivity contribution is 0.598. The van der Waals surface area contributed by atoms with Crippen LogP contribution in [0.15, 0.2) is 142 Å². The number of para-hydroxylation sites is 2. The summed E-state index contributed by atoms with van der Waals surface area (Å²) in [6.07, 6.45) is 0. The molecule has 5 nitrogen and oxygen atoms in total. The Morgan fingerprint density at radius 2 is 0.896 bits per heavy atom. The number of hydrogen-bond acceptors (Lipinski definition) is 3. The quantitative estimate of drug-likeness (QED) is 0.190. The molecule has 2 N–H and O–H groups in total. The highest BCUT2D eigenvalue weighted by Gasteiger charge is 2.23. The summed E-state index contributed by atoms with van der Waals surface area (Å²) < 4.78 is 27.9. The molecule has 11 aromatic rings. The third-order valence-corrected chi connectivity index (χ3v) is 11.8. The van der Waals surface area contributed by atoms with Crippen LogP contribution in [0.25, 0.3) is 98.6 Å². The first-order chi connectivity index (χ1) is 23.7. The molecule has 11 rings (SSSR count). The van der Waals surface area contributed by atoms with Gasteiger partial charge in [0.15, 0.2) is 0 Å². The van der Waals surface area contributed by atoms with Crippen LogP contribution in [0.2, 0.25) is 0 Å². The zero-order chi connectivity index (χ0) is 31.5. The Morgan fingerprint density at radius 1 is 0.396 bits per heavy atom. The van der Waals surface area contributed by atoms with E-state index in [9.17, 15) is 0 Å². The maximum absolute atomic E-state index is 15.1. The molecule has 0 bridgehead atoms. The number of H-pyrrole nitrogens is 2. The fourth-order valence-electron chi connectivity index (χ4n) is 7.93. The van der Waals surface area contributed by atoms with Gasteiger partial charge in [-0.25, -0.2) is 0 Å². The molecule has 4 aromatic heterocycles. The van der Waals surface area contributed by atoms with Gasteiger partial charge in [-0.15, -0.1) is 0 Å². The van der Waals surface area contributed by atoms with Gasteiger partial charge in [0, 0.05) is 54.0 Å². The van der Waals surface area contributed by atoms with Crippen molar-refractivity contribution in [3.8, 4) is 11.1 Å². The van der Waals surface area contributed by atoms with Crippen LogP contribution in [0.4, 0.5) is 0 Å². The van der Waals surface area contributed by atoms with Crippen LogP contribution in [-0.2, 0) is 4.57 Å². The standard InChI is InChI=1S/C42H25N2O3P/c45-48(36-18-8-16-32-38(36)40-34(47-32)22-20-28-24-10-2-5-14-30(24)44-42(28)40)35-17-6-3-11-25(35)26-12-7-15-31-37(26)39-33(46-31)21-19-27-23-9-1-4-13-29(23)43-41(27)39/h1-22,43-44,48H. The van der Waals surface area contributed by atoms with E-state index in [1.807, 2.05) is 60.7 Å². The molecule has 0 saturated carbocycles. The molecule has 0 fully saturated rings. The van der Waals surface area contributed by atoms with E-state index < -0.39 is 7.80 Å². The minimum atomic E-state index is -2.53. The van der Waals surface area contributed by atoms with E-state index in [-0.39, 0.29) is 0 Å². The molecule has 1 atom stereocenters. The molecule has 0 amide bonds. The van der Waals surface area contributed by atoms with Gasteiger partial charge in [-0.3, -0.25) is 0 Å². The van der Waals surface area contributed by atoms with Crippen molar-refractivity contribution in [1.29, 1.82) is 0 Å². The molecule has 6 heteroatoms. The number of benzene rings is 7. The van der Waals surface area contributed by atoms with Crippen molar-refractivity contribution in [2.45, 2.75) is 0 Å². The van der Waals surface area contributed by atoms with Crippen molar-refractivity contribution < 1.29 is 13.4 Å². The summed E-state index contributed by atoms with van der Waals surface area (Å²) in [5, 5.41) is 10.1. The third kappa shape index (κ3) is 3.43. The minimum absolute atomic E-state index is 0.730. The second kappa shape index (κ2) is 9.51. The summed E-state index contributed by atoms with van der Waals surface area (Å²) in [5.74, 6) is 0.